The Morgan fingerprint density at radius 3 is 2.26 bits per heavy atom. The average molecular weight is 383 g/mol. The van der Waals surface area contributed by atoms with Crippen LogP contribution in [0.3, 0.4) is 0 Å². The first kappa shape index (κ1) is 17.4. The highest BCUT2D eigenvalue weighted by molar-refractivity contribution is 7.14. The van der Waals surface area contributed by atoms with Gasteiger partial charge in [0.25, 0.3) is 11.8 Å². The first-order valence-electron chi connectivity index (χ1n) is 8.68. The number of anilines is 2. The van der Waals surface area contributed by atoms with Gasteiger partial charge >= 0.3 is 0 Å². The zero-order chi connectivity index (χ0) is 19.0. The smallest absolute Gasteiger partial charge is 0.256 e. The fourth-order valence-corrected chi connectivity index (χ4v) is 3.66. The quantitative estimate of drug-likeness (QED) is 0.776. The Hall–Kier alpha value is -3.00. The van der Waals surface area contributed by atoms with Crippen LogP contribution in [-0.2, 0) is 9.59 Å². The molecular weight excluding hydrogens is 366 g/mol. The third-order valence-electron chi connectivity index (χ3n) is 4.49. The van der Waals surface area contributed by atoms with Crippen LogP contribution in [0.5, 0.6) is 0 Å². The van der Waals surface area contributed by atoms with Gasteiger partial charge < -0.3 is 10.6 Å². The van der Waals surface area contributed by atoms with Gasteiger partial charge in [0.2, 0.25) is 11.8 Å². The molecule has 1 saturated carbocycles. The molecule has 0 bridgehead atoms. The fraction of sp³-hybridized carbons (Fsp3) is 0.263. The molecule has 2 aliphatic rings. The van der Waals surface area contributed by atoms with Crippen LogP contribution in [0.15, 0.2) is 35.7 Å². The zero-order valence-corrected chi connectivity index (χ0v) is 15.2. The van der Waals surface area contributed by atoms with Crippen LogP contribution in [0.2, 0.25) is 0 Å². The van der Waals surface area contributed by atoms with Crippen molar-refractivity contribution < 1.29 is 19.2 Å². The highest BCUT2D eigenvalue weighted by Gasteiger charge is 2.30. The number of nitrogens with zero attached hydrogens (tertiary/aromatic N) is 1. The summed E-state index contributed by atoms with van der Waals surface area (Å²) in [7, 11) is 0. The topological polar surface area (TPSA) is 95.6 Å². The van der Waals surface area contributed by atoms with Crippen LogP contribution in [0.1, 0.15) is 46.4 Å². The maximum atomic E-state index is 12.5. The molecular formula is C19H17N3O4S. The fourth-order valence-electron chi connectivity index (χ4n) is 2.88. The van der Waals surface area contributed by atoms with Crippen LogP contribution in [-0.4, -0.2) is 29.7 Å². The van der Waals surface area contributed by atoms with E-state index < -0.39 is 0 Å². The largest absolute Gasteiger partial charge is 0.349 e. The van der Waals surface area contributed by atoms with E-state index in [0.717, 1.165) is 17.7 Å². The molecule has 1 aliphatic heterocycles. The van der Waals surface area contributed by atoms with E-state index >= 15 is 0 Å². The summed E-state index contributed by atoms with van der Waals surface area (Å²) in [5.74, 6) is -1.01. The second kappa shape index (κ2) is 6.96. The second-order valence-corrected chi connectivity index (χ2v) is 7.45. The maximum Gasteiger partial charge on any atom is 0.256 e. The van der Waals surface area contributed by atoms with Crippen LogP contribution in [0, 0.1) is 0 Å². The molecule has 2 aromatic rings. The number of imide groups is 1. The molecule has 2 fully saturated rings. The van der Waals surface area contributed by atoms with Crippen LogP contribution < -0.4 is 15.5 Å². The van der Waals surface area contributed by atoms with Gasteiger partial charge in [-0.05, 0) is 48.6 Å². The second-order valence-electron chi connectivity index (χ2n) is 6.54. The first-order chi connectivity index (χ1) is 13.0. The molecule has 4 amide bonds. The molecule has 2 N–H and O–H groups in total. The number of benzene rings is 1. The number of amides is 4. The summed E-state index contributed by atoms with van der Waals surface area (Å²) in [6.07, 6.45) is 2.41. The molecule has 1 saturated heterocycles. The maximum absolute atomic E-state index is 12.5. The number of hydrogen-bond donors (Lipinski definition) is 2. The predicted molar refractivity (Wildman–Crippen MR) is 101 cm³/mol. The molecule has 0 spiro atoms. The van der Waals surface area contributed by atoms with Crippen molar-refractivity contribution in [2.75, 3.05) is 10.2 Å². The average Bonchev–Trinajstić information content (AvgIpc) is 3.23. The molecule has 27 heavy (non-hydrogen) atoms. The van der Waals surface area contributed by atoms with Crippen molar-refractivity contribution in [1.29, 1.82) is 0 Å². The lowest BCUT2D eigenvalue weighted by molar-refractivity contribution is -0.121. The Bertz CT molecular complexity index is 915. The van der Waals surface area contributed by atoms with E-state index in [1.165, 1.54) is 11.3 Å². The van der Waals surface area contributed by atoms with Gasteiger partial charge in [-0.25, -0.2) is 0 Å². The number of carbonyl (C=O) groups is 4. The highest BCUT2D eigenvalue weighted by atomic mass is 32.1. The molecule has 2 heterocycles. The summed E-state index contributed by atoms with van der Waals surface area (Å²) in [5, 5.41) is 7.91. The van der Waals surface area contributed by atoms with Crippen LogP contribution in [0.4, 0.5) is 10.7 Å². The molecule has 0 atom stereocenters. The standard InChI is InChI=1S/C19H17N3O4S/c23-15-7-8-16(24)22(15)13-5-1-11(2-6-13)17(25)21-19-14(9-10-27-19)18(26)20-12-3-4-12/h1-2,5-6,9-10,12H,3-4,7-8H2,(H,20,26)(H,21,25). The Morgan fingerprint density at radius 1 is 0.963 bits per heavy atom. The summed E-state index contributed by atoms with van der Waals surface area (Å²) >= 11 is 1.28. The summed E-state index contributed by atoms with van der Waals surface area (Å²) in [4.78, 5) is 49.4. The van der Waals surface area contributed by atoms with Gasteiger partial charge in [-0.2, -0.15) is 0 Å². The monoisotopic (exact) mass is 383 g/mol. The van der Waals surface area contributed by atoms with Crippen molar-refractivity contribution in [2.24, 2.45) is 0 Å². The zero-order valence-electron chi connectivity index (χ0n) is 14.4. The van der Waals surface area contributed by atoms with E-state index in [2.05, 4.69) is 10.6 Å². The number of nitrogens with one attached hydrogen (secondary N) is 2. The number of carbonyl (C=O) groups excluding carboxylic acids is 4. The lowest BCUT2D eigenvalue weighted by Crippen LogP contribution is -2.28. The van der Waals surface area contributed by atoms with Gasteiger partial charge in [0.1, 0.15) is 5.00 Å². The molecule has 4 rings (SSSR count). The number of hydrogen-bond acceptors (Lipinski definition) is 5. The molecule has 7 nitrogen and oxygen atoms in total. The lowest BCUT2D eigenvalue weighted by Gasteiger charge is -2.14. The van der Waals surface area contributed by atoms with Crippen molar-refractivity contribution in [2.45, 2.75) is 31.7 Å². The Balaban J connectivity index is 1.46. The van der Waals surface area contributed by atoms with Crippen molar-refractivity contribution in [3.8, 4) is 0 Å². The summed E-state index contributed by atoms with van der Waals surface area (Å²) in [6, 6.07) is 8.19. The molecule has 1 aliphatic carbocycles. The summed E-state index contributed by atoms with van der Waals surface area (Å²) in [6.45, 7) is 0. The number of rotatable bonds is 5. The summed E-state index contributed by atoms with van der Waals surface area (Å²) < 4.78 is 0. The minimum absolute atomic E-state index is 0.185. The molecule has 138 valence electrons. The van der Waals surface area contributed by atoms with E-state index in [1.807, 2.05) is 0 Å². The van der Waals surface area contributed by atoms with Gasteiger partial charge in [-0.3, -0.25) is 24.1 Å². The van der Waals surface area contributed by atoms with Crippen molar-refractivity contribution in [1.82, 2.24) is 5.32 Å². The van der Waals surface area contributed by atoms with Gasteiger partial charge in [0.05, 0.1) is 11.3 Å². The van der Waals surface area contributed by atoms with Crippen LogP contribution in [0.25, 0.3) is 0 Å². The third kappa shape index (κ3) is 3.61. The minimum atomic E-state index is -0.358. The minimum Gasteiger partial charge on any atom is -0.349 e. The normalized spacial score (nSPS) is 16.5. The van der Waals surface area contributed by atoms with Crippen molar-refractivity contribution in [3.63, 3.8) is 0 Å². The van der Waals surface area contributed by atoms with Gasteiger partial charge in [-0.15, -0.1) is 11.3 Å². The van der Waals surface area contributed by atoms with Crippen LogP contribution >= 0.6 is 11.3 Å². The van der Waals surface area contributed by atoms with Crippen molar-refractivity contribution >= 4 is 45.7 Å². The molecule has 1 aromatic heterocycles. The summed E-state index contributed by atoms with van der Waals surface area (Å²) in [5.41, 5.74) is 1.28. The molecule has 0 unspecified atom stereocenters. The van der Waals surface area contributed by atoms with E-state index in [1.54, 1.807) is 35.7 Å². The van der Waals surface area contributed by atoms with E-state index in [-0.39, 0.29) is 42.5 Å². The highest BCUT2D eigenvalue weighted by Crippen LogP contribution is 2.27. The van der Waals surface area contributed by atoms with E-state index in [0.29, 0.717) is 21.8 Å². The van der Waals surface area contributed by atoms with E-state index in [4.69, 9.17) is 0 Å². The van der Waals surface area contributed by atoms with Crippen molar-refractivity contribution in [3.05, 3.63) is 46.8 Å². The third-order valence-corrected chi connectivity index (χ3v) is 5.32. The lowest BCUT2D eigenvalue weighted by atomic mass is 10.2. The first-order valence-corrected chi connectivity index (χ1v) is 9.56. The Kier molecular flexibility index (Phi) is 4.49. The van der Waals surface area contributed by atoms with Gasteiger partial charge in [0, 0.05) is 24.4 Å². The Morgan fingerprint density at radius 2 is 1.63 bits per heavy atom. The van der Waals surface area contributed by atoms with Gasteiger partial charge in [0.15, 0.2) is 0 Å². The molecule has 0 radical (unpaired) electrons. The molecule has 8 heteroatoms. The Labute approximate surface area is 159 Å². The number of thiophene rings is 1. The predicted octanol–water partition coefficient (Wildman–Crippen LogP) is 2.55. The SMILES string of the molecule is O=C(Nc1sccc1C(=O)NC1CC1)c1ccc(N2C(=O)CCC2=O)cc1. The molecule has 1 aromatic carbocycles. The van der Waals surface area contributed by atoms with E-state index in [9.17, 15) is 19.2 Å². The van der Waals surface area contributed by atoms with Gasteiger partial charge in [-0.1, -0.05) is 0 Å².